The predicted molar refractivity (Wildman–Crippen MR) is 104 cm³/mol. The van der Waals surface area contributed by atoms with Crippen molar-refractivity contribution in [1.29, 1.82) is 0 Å². The Hall–Kier alpha value is -1.97. The lowest BCUT2D eigenvalue weighted by molar-refractivity contribution is -0.127. The number of rotatable bonds is 2. The molecule has 4 heteroatoms. The van der Waals surface area contributed by atoms with Gasteiger partial charge in [0.25, 0.3) is 0 Å². The lowest BCUT2D eigenvalue weighted by Gasteiger charge is -2.18. The maximum Gasteiger partial charge on any atom is 0.154 e. The summed E-state index contributed by atoms with van der Waals surface area (Å²) < 4.78 is 5.86. The van der Waals surface area contributed by atoms with Crippen LogP contribution in [0.25, 0.3) is 11.1 Å². The molecule has 3 nitrogen and oxygen atoms in total. The van der Waals surface area contributed by atoms with Gasteiger partial charge in [-0.2, -0.15) is 0 Å². The second kappa shape index (κ2) is 6.02. The van der Waals surface area contributed by atoms with E-state index in [1.54, 1.807) is 0 Å². The van der Waals surface area contributed by atoms with E-state index in [1.807, 2.05) is 38.1 Å². The first kappa shape index (κ1) is 17.2. The maximum absolute atomic E-state index is 13.2. The maximum atomic E-state index is 13.2. The van der Waals surface area contributed by atoms with Crippen LogP contribution in [0.1, 0.15) is 35.4 Å². The minimum atomic E-state index is -0.619. The highest BCUT2D eigenvalue weighted by Gasteiger charge is 2.63. The second-order valence-electron chi connectivity index (χ2n) is 8.11. The second-order valence-corrected chi connectivity index (χ2v) is 8.55. The first-order valence-electron chi connectivity index (χ1n) is 9.55. The number of carbonyl (C=O) groups excluding carboxylic acids is 2. The summed E-state index contributed by atoms with van der Waals surface area (Å²) in [6.07, 6.45) is 1.72. The van der Waals surface area contributed by atoms with Crippen molar-refractivity contribution in [1.82, 2.24) is 0 Å². The van der Waals surface area contributed by atoms with E-state index in [0.717, 1.165) is 40.7 Å². The first-order chi connectivity index (χ1) is 13.0. The average molecular weight is 381 g/mol. The lowest BCUT2D eigenvalue weighted by atomic mass is 9.81. The summed E-state index contributed by atoms with van der Waals surface area (Å²) in [6.45, 7) is 4.00. The minimum Gasteiger partial charge on any atom is -0.373 e. The van der Waals surface area contributed by atoms with Crippen LogP contribution in [-0.2, 0) is 14.3 Å². The van der Waals surface area contributed by atoms with Crippen LogP contribution >= 0.6 is 11.6 Å². The van der Waals surface area contributed by atoms with Crippen LogP contribution in [0.3, 0.4) is 0 Å². The molecule has 0 N–H and O–H groups in total. The van der Waals surface area contributed by atoms with Crippen LogP contribution in [0.2, 0.25) is 5.02 Å². The highest BCUT2D eigenvalue weighted by Crippen LogP contribution is 2.53. The number of benzene rings is 2. The molecule has 2 aliphatic heterocycles. The molecule has 0 spiro atoms. The topological polar surface area (TPSA) is 43.4 Å². The van der Waals surface area contributed by atoms with E-state index in [0.29, 0.717) is 5.02 Å². The fourth-order valence-electron chi connectivity index (χ4n) is 5.45. The third kappa shape index (κ3) is 2.45. The molecule has 1 saturated carbocycles. The SMILES string of the molecule is Cc1cc(-c2ccc(Cl)cc2)cc(C)c1C1C(=O)[C@@H]2[C@H](C1=O)[C@H]1CC[C@@H]2O1. The number of aryl methyl sites for hydroxylation is 2. The first-order valence-corrected chi connectivity index (χ1v) is 9.93. The highest BCUT2D eigenvalue weighted by atomic mass is 35.5. The van der Waals surface area contributed by atoms with Gasteiger partial charge in [-0.3, -0.25) is 9.59 Å². The summed E-state index contributed by atoms with van der Waals surface area (Å²) in [6, 6.07) is 11.9. The summed E-state index contributed by atoms with van der Waals surface area (Å²) in [5, 5.41) is 0.703. The van der Waals surface area contributed by atoms with Crippen molar-refractivity contribution in [3.8, 4) is 11.1 Å². The Balaban J connectivity index is 1.55. The third-order valence-electron chi connectivity index (χ3n) is 6.56. The van der Waals surface area contributed by atoms with Gasteiger partial charge in [0.1, 0.15) is 5.92 Å². The van der Waals surface area contributed by atoms with Gasteiger partial charge >= 0.3 is 0 Å². The zero-order valence-electron chi connectivity index (χ0n) is 15.4. The van der Waals surface area contributed by atoms with Gasteiger partial charge in [0.2, 0.25) is 0 Å². The van der Waals surface area contributed by atoms with E-state index in [-0.39, 0.29) is 35.6 Å². The van der Waals surface area contributed by atoms with Gasteiger partial charge in [0.15, 0.2) is 11.6 Å². The fourth-order valence-corrected chi connectivity index (χ4v) is 5.58. The van der Waals surface area contributed by atoms with Gasteiger partial charge in [-0.15, -0.1) is 0 Å². The number of hydrogen-bond donors (Lipinski definition) is 0. The molecular weight excluding hydrogens is 360 g/mol. The summed E-state index contributed by atoms with van der Waals surface area (Å²) in [4.78, 5) is 26.3. The molecule has 27 heavy (non-hydrogen) atoms. The number of carbonyl (C=O) groups is 2. The molecule has 1 unspecified atom stereocenters. The van der Waals surface area contributed by atoms with E-state index in [1.165, 1.54) is 0 Å². The monoisotopic (exact) mass is 380 g/mol. The molecule has 138 valence electrons. The molecule has 0 aromatic heterocycles. The van der Waals surface area contributed by atoms with Crippen molar-refractivity contribution in [2.75, 3.05) is 0 Å². The van der Waals surface area contributed by atoms with Crippen molar-refractivity contribution in [3.05, 3.63) is 58.1 Å². The van der Waals surface area contributed by atoms with Crippen LogP contribution in [0.4, 0.5) is 0 Å². The van der Waals surface area contributed by atoms with E-state index < -0.39 is 5.92 Å². The minimum absolute atomic E-state index is 0.0459. The van der Waals surface area contributed by atoms with Gasteiger partial charge in [-0.1, -0.05) is 35.9 Å². The smallest absolute Gasteiger partial charge is 0.154 e. The summed E-state index contributed by atoms with van der Waals surface area (Å²) in [7, 11) is 0. The molecule has 2 bridgehead atoms. The third-order valence-corrected chi connectivity index (χ3v) is 6.81. The van der Waals surface area contributed by atoms with Gasteiger partial charge in [0, 0.05) is 5.02 Å². The number of halogens is 1. The number of hydrogen-bond acceptors (Lipinski definition) is 3. The van der Waals surface area contributed by atoms with Crippen molar-refractivity contribution < 1.29 is 14.3 Å². The molecule has 2 heterocycles. The van der Waals surface area contributed by atoms with Crippen LogP contribution < -0.4 is 0 Å². The zero-order valence-corrected chi connectivity index (χ0v) is 16.1. The van der Waals surface area contributed by atoms with Crippen LogP contribution in [0.15, 0.2) is 36.4 Å². The van der Waals surface area contributed by atoms with Gasteiger partial charge in [-0.05, 0) is 66.6 Å². The molecule has 0 amide bonds. The highest BCUT2D eigenvalue weighted by molar-refractivity contribution is 6.30. The predicted octanol–water partition coefficient (Wildman–Crippen LogP) is 4.65. The number of ketones is 2. The molecule has 5 rings (SSSR count). The molecule has 5 atom stereocenters. The molecule has 3 aliphatic rings. The Morgan fingerprint density at radius 1 is 0.852 bits per heavy atom. The molecule has 1 aliphatic carbocycles. The Bertz CT molecular complexity index is 911. The standard InChI is InChI=1S/C23H21ClO3/c1-11-9-14(13-3-5-15(24)6-4-13)10-12(2)18(11)21-22(25)19-16-7-8-17(27-16)20(19)23(21)26/h3-6,9-10,16-17,19-21H,7-8H2,1-2H3/t16-,17+,19-,20+,21?. The Morgan fingerprint density at radius 3 is 1.89 bits per heavy atom. The summed E-state index contributed by atoms with van der Waals surface area (Å²) >= 11 is 6.00. The van der Waals surface area contributed by atoms with Crippen molar-refractivity contribution in [2.24, 2.45) is 11.8 Å². The normalized spacial score (nSPS) is 31.6. The summed E-state index contributed by atoms with van der Waals surface area (Å²) in [5.74, 6) is -0.927. The van der Waals surface area contributed by atoms with E-state index >= 15 is 0 Å². The van der Waals surface area contributed by atoms with Gasteiger partial charge in [-0.25, -0.2) is 0 Å². The number of fused-ring (bicyclic) bond motifs is 5. The quantitative estimate of drug-likeness (QED) is 0.712. The summed E-state index contributed by atoms with van der Waals surface area (Å²) in [5.41, 5.74) is 5.05. The fraction of sp³-hybridized carbons (Fsp3) is 0.391. The van der Waals surface area contributed by atoms with Gasteiger partial charge in [0.05, 0.1) is 24.0 Å². The van der Waals surface area contributed by atoms with Crippen LogP contribution in [0, 0.1) is 25.7 Å². The molecular formula is C23H21ClO3. The number of ether oxygens (including phenoxy) is 1. The van der Waals surface area contributed by atoms with E-state index in [4.69, 9.17) is 16.3 Å². The number of Topliss-reactive ketones (excluding diaryl/α,β-unsaturated/α-hetero) is 2. The Labute approximate surface area is 163 Å². The molecule has 0 radical (unpaired) electrons. The Kier molecular flexibility index (Phi) is 3.82. The van der Waals surface area contributed by atoms with Crippen molar-refractivity contribution in [3.63, 3.8) is 0 Å². The zero-order chi connectivity index (χ0) is 18.9. The van der Waals surface area contributed by atoms with Gasteiger partial charge < -0.3 is 4.74 Å². The molecule has 2 aromatic rings. The molecule has 3 fully saturated rings. The van der Waals surface area contributed by atoms with Crippen molar-refractivity contribution in [2.45, 2.75) is 44.8 Å². The Morgan fingerprint density at radius 2 is 1.37 bits per heavy atom. The molecule has 2 aromatic carbocycles. The van der Waals surface area contributed by atoms with Crippen molar-refractivity contribution >= 4 is 23.2 Å². The van der Waals surface area contributed by atoms with Crippen LogP contribution in [-0.4, -0.2) is 23.8 Å². The average Bonchev–Trinajstić information content (AvgIpc) is 3.31. The van der Waals surface area contributed by atoms with E-state index in [2.05, 4.69) is 12.1 Å². The molecule has 2 saturated heterocycles. The largest absolute Gasteiger partial charge is 0.373 e. The van der Waals surface area contributed by atoms with Crippen LogP contribution in [0.5, 0.6) is 0 Å². The lowest BCUT2D eigenvalue weighted by Crippen LogP contribution is -2.29. The van der Waals surface area contributed by atoms with E-state index in [9.17, 15) is 9.59 Å².